The zero-order chi connectivity index (χ0) is 13.6. The van der Waals surface area contributed by atoms with Crippen molar-refractivity contribution in [1.82, 2.24) is 9.97 Å². The average molecular weight is 271 g/mol. The van der Waals surface area contributed by atoms with E-state index in [0.29, 0.717) is 12.1 Å². The minimum Gasteiger partial charge on any atom is -0.376 e. The molecule has 1 N–H and O–H groups in total. The summed E-state index contributed by atoms with van der Waals surface area (Å²) in [4.78, 5) is 8.80. The molecule has 0 saturated heterocycles. The molecule has 4 heteroatoms. The van der Waals surface area contributed by atoms with Gasteiger partial charge in [-0.05, 0) is 18.9 Å². The Labute approximate surface area is 119 Å². The lowest BCUT2D eigenvalue weighted by Gasteiger charge is -2.21. The Morgan fingerprint density at radius 1 is 1.15 bits per heavy atom. The second kappa shape index (κ2) is 6.66. The van der Waals surface area contributed by atoms with Gasteiger partial charge in [-0.1, -0.05) is 37.5 Å². The molecule has 3 rings (SSSR count). The van der Waals surface area contributed by atoms with Gasteiger partial charge in [0.1, 0.15) is 0 Å². The molecule has 0 bridgehead atoms. The highest BCUT2D eigenvalue weighted by Crippen LogP contribution is 2.20. The first-order chi connectivity index (χ1) is 9.92. The molecular weight excluding hydrogens is 250 g/mol. The number of benzene rings is 1. The SMILES string of the molecule is c1ccc2nc(NCCOC3CCCCC3)ncc2c1. The Balaban J connectivity index is 1.47. The molecule has 1 aromatic heterocycles. The Kier molecular flexibility index (Phi) is 4.43. The summed E-state index contributed by atoms with van der Waals surface area (Å²) in [5.41, 5.74) is 0.971. The summed E-state index contributed by atoms with van der Waals surface area (Å²) in [7, 11) is 0. The first-order valence-electron chi connectivity index (χ1n) is 7.49. The highest BCUT2D eigenvalue weighted by Gasteiger charge is 2.13. The molecule has 1 aliphatic rings. The second-order valence-corrected chi connectivity index (χ2v) is 5.31. The average Bonchev–Trinajstić information content (AvgIpc) is 2.52. The number of fused-ring (bicyclic) bond motifs is 1. The molecule has 0 unspecified atom stereocenters. The van der Waals surface area contributed by atoms with Crippen molar-refractivity contribution in [2.75, 3.05) is 18.5 Å². The fourth-order valence-electron chi connectivity index (χ4n) is 2.68. The first kappa shape index (κ1) is 13.3. The molecule has 0 radical (unpaired) electrons. The van der Waals surface area contributed by atoms with Gasteiger partial charge in [-0.2, -0.15) is 0 Å². The van der Waals surface area contributed by atoms with E-state index in [-0.39, 0.29) is 0 Å². The maximum Gasteiger partial charge on any atom is 0.223 e. The van der Waals surface area contributed by atoms with E-state index in [0.717, 1.165) is 24.1 Å². The predicted octanol–water partition coefficient (Wildman–Crippen LogP) is 3.39. The molecule has 0 spiro atoms. The van der Waals surface area contributed by atoms with Crippen LogP contribution < -0.4 is 5.32 Å². The topological polar surface area (TPSA) is 47.0 Å². The van der Waals surface area contributed by atoms with Gasteiger partial charge in [-0.15, -0.1) is 0 Å². The maximum atomic E-state index is 5.87. The van der Waals surface area contributed by atoms with Crippen molar-refractivity contribution in [2.24, 2.45) is 0 Å². The van der Waals surface area contributed by atoms with Gasteiger partial charge in [-0.3, -0.25) is 0 Å². The van der Waals surface area contributed by atoms with E-state index < -0.39 is 0 Å². The summed E-state index contributed by atoms with van der Waals surface area (Å²) in [6.07, 6.45) is 8.73. The number of hydrogen-bond donors (Lipinski definition) is 1. The molecule has 4 nitrogen and oxygen atoms in total. The van der Waals surface area contributed by atoms with Gasteiger partial charge in [0.05, 0.1) is 18.2 Å². The van der Waals surface area contributed by atoms with Crippen molar-refractivity contribution in [3.8, 4) is 0 Å². The Morgan fingerprint density at radius 2 is 2.00 bits per heavy atom. The number of hydrogen-bond acceptors (Lipinski definition) is 4. The van der Waals surface area contributed by atoms with Crippen molar-refractivity contribution >= 4 is 16.9 Å². The Hall–Kier alpha value is -1.68. The van der Waals surface area contributed by atoms with Crippen LogP contribution in [0.5, 0.6) is 0 Å². The van der Waals surface area contributed by atoms with Crippen molar-refractivity contribution in [3.05, 3.63) is 30.5 Å². The van der Waals surface area contributed by atoms with E-state index in [1.807, 2.05) is 30.5 Å². The van der Waals surface area contributed by atoms with Crippen LogP contribution in [0.4, 0.5) is 5.95 Å². The van der Waals surface area contributed by atoms with E-state index >= 15 is 0 Å². The molecule has 1 aliphatic carbocycles. The molecule has 0 aliphatic heterocycles. The Morgan fingerprint density at radius 3 is 2.90 bits per heavy atom. The lowest BCUT2D eigenvalue weighted by Crippen LogP contribution is -2.21. The lowest BCUT2D eigenvalue weighted by molar-refractivity contribution is 0.0347. The Bertz CT molecular complexity index is 552. The maximum absolute atomic E-state index is 5.87. The third-order valence-corrected chi connectivity index (χ3v) is 3.78. The van der Waals surface area contributed by atoms with Gasteiger partial charge in [0.2, 0.25) is 5.95 Å². The molecular formula is C16H21N3O. The van der Waals surface area contributed by atoms with Gasteiger partial charge in [-0.25, -0.2) is 9.97 Å². The molecule has 2 aromatic rings. The van der Waals surface area contributed by atoms with Crippen LogP contribution in [0.25, 0.3) is 10.9 Å². The number of nitrogens with zero attached hydrogens (tertiary/aromatic N) is 2. The zero-order valence-electron chi connectivity index (χ0n) is 11.7. The number of nitrogens with one attached hydrogen (secondary N) is 1. The molecule has 20 heavy (non-hydrogen) atoms. The summed E-state index contributed by atoms with van der Waals surface area (Å²) in [5, 5.41) is 4.30. The van der Waals surface area contributed by atoms with E-state index in [1.54, 1.807) is 0 Å². The fraction of sp³-hybridized carbons (Fsp3) is 0.500. The van der Waals surface area contributed by atoms with Crippen LogP contribution in [0.2, 0.25) is 0 Å². The van der Waals surface area contributed by atoms with E-state index in [4.69, 9.17) is 4.74 Å². The minimum absolute atomic E-state index is 0.461. The number of anilines is 1. The number of aromatic nitrogens is 2. The number of para-hydroxylation sites is 1. The number of ether oxygens (including phenoxy) is 1. The van der Waals surface area contributed by atoms with Gasteiger partial charge < -0.3 is 10.1 Å². The third kappa shape index (κ3) is 3.45. The van der Waals surface area contributed by atoms with Crippen LogP contribution >= 0.6 is 0 Å². The van der Waals surface area contributed by atoms with E-state index in [2.05, 4.69) is 15.3 Å². The predicted molar refractivity (Wildman–Crippen MR) is 80.9 cm³/mol. The van der Waals surface area contributed by atoms with Crippen molar-refractivity contribution in [2.45, 2.75) is 38.2 Å². The largest absolute Gasteiger partial charge is 0.376 e. The summed E-state index contributed by atoms with van der Waals surface area (Å²) < 4.78 is 5.87. The normalized spacial score (nSPS) is 16.4. The van der Waals surface area contributed by atoms with Gasteiger partial charge >= 0.3 is 0 Å². The van der Waals surface area contributed by atoms with E-state index in [9.17, 15) is 0 Å². The van der Waals surface area contributed by atoms with Crippen LogP contribution in [0.1, 0.15) is 32.1 Å². The quantitative estimate of drug-likeness (QED) is 0.847. The van der Waals surface area contributed by atoms with Crippen molar-refractivity contribution in [3.63, 3.8) is 0 Å². The zero-order valence-corrected chi connectivity index (χ0v) is 11.7. The van der Waals surface area contributed by atoms with Crippen LogP contribution in [-0.2, 0) is 4.74 Å². The highest BCUT2D eigenvalue weighted by molar-refractivity contribution is 5.78. The van der Waals surface area contributed by atoms with Gasteiger partial charge in [0.25, 0.3) is 0 Å². The standard InChI is InChI=1S/C16H21N3O/c1-2-7-14(8-3-1)20-11-10-17-16-18-12-13-6-4-5-9-15(13)19-16/h4-6,9,12,14H,1-3,7-8,10-11H2,(H,17,18,19). The van der Waals surface area contributed by atoms with E-state index in [1.165, 1.54) is 32.1 Å². The molecule has 1 heterocycles. The third-order valence-electron chi connectivity index (χ3n) is 3.78. The molecule has 1 fully saturated rings. The molecule has 0 amide bonds. The molecule has 1 aromatic carbocycles. The van der Waals surface area contributed by atoms with Crippen LogP contribution in [0.3, 0.4) is 0 Å². The summed E-state index contributed by atoms with van der Waals surface area (Å²) in [6.45, 7) is 1.48. The van der Waals surface area contributed by atoms with Gasteiger partial charge in [0.15, 0.2) is 0 Å². The smallest absolute Gasteiger partial charge is 0.223 e. The van der Waals surface area contributed by atoms with Crippen LogP contribution in [0, 0.1) is 0 Å². The summed E-state index contributed by atoms with van der Waals surface area (Å²) in [6, 6.07) is 8.01. The second-order valence-electron chi connectivity index (χ2n) is 5.31. The highest BCUT2D eigenvalue weighted by atomic mass is 16.5. The summed E-state index contributed by atoms with van der Waals surface area (Å²) >= 11 is 0. The van der Waals surface area contributed by atoms with Crippen LogP contribution in [-0.4, -0.2) is 29.2 Å². The monoisotopic (exact) mass is 271 g/mol. The van der Waals surface area contributed by atoms with Crippen molar-refractivity contribution in [1.29, 1.82) is 0 Å². The first-order valence-corrected chi connectivity index (χ1v) is 7.49. The fourth-order valence-corrected chi connectivity index (χ4v) is 2.68. The number of rotatable bonds is 5. The molecule has 106 valence electrons. The summed E-state index contributed by atoms with van der Waals surface area (Å²) in [5.74, 6) is 0.677. The lowest BCUT2D eigenvalue weighted by atomic mass is 9.98. The van der Waals surface area contributed by atoms with Crippen LogP contribution in [0.15, 0.2) is 30.5 Å². The molecule has 1 saturated carbocycles. The molecule has 0 atom stereocenters. The minimum atomic E-state index is 0.461. The van der Waals surface area contributed by atoms with Crippen molar-refractivity contribution < 1.29 is 4.74 Å². The van der Waals surface area contributed by atoms with Gasteiger partial charge in [0, 0.05) is 18.1 Å².